The van der Waals surface area contributed by atoms with Gasteiger partial charge in [-0.3, -0.25) is 0 Å². The van der Waals surface area contributed by atoms with Gasteiger partial charge in [-0.25, -0.2) is 0 Å². The van der Waals surface area contributed by atoms with Gasteiger partial charge in [0.25, 0.3) is 0 Å². The van der Waals surface area contributed by atoms with Crippen LogP contribution >= 0.6 is 0 Å². The second-order valence-corrected chi connectivity index (χ2v) is 7.62. The van der Waals surface area contributed by atoms with Crippen molar-refractivity contribution in [1.82, 2.24) is 0 Å². The van der Waals surface area contributed by atoms with Crippen LogP contribution in [0.5, 0.6) is 0 Å². The highest BCUT2D eigenvalue weighted by Gasteiger charge is 1.96. The maximum atomic E-state index is 4.85. The average Bonchev–Trinajstić information content (AvgIpc) is 3.17. The summed E-state index contributed by atoms with van der Waals surface area (Å²) in [5.74, 6) is 12.8. The molecule has 0 aromatic heterocycles. The molecule has 2 nitrogen and oxygen atoms in total. The first-order chi connectivity index (χ1) is 23.2. The van der Waals surface area contributed by atoms with Crippen molar-refractivity contribution in [2.45, 2.75) is 103 Å². The van der Waals surface area contributed by atoms with E-state index in [9.17, 15) is 0 Å². The second kappa shape index (κ2) is 46.3. The molecule has 0 amide bonds. The van der Waals surface area contributed by atoms with Gasteiger partial charge in [0.15, 0.2) is 0 Å². The molecule has 0 fully saturated rings. The Kier molecular flexibility index (Phi) is 51.7. The fourth-order valence-electron chi connectivity index (χ4n) is 2.98. The van der Waals surface area contributed by atoms with Crippen molar-refractivity contribution >= 4 is 0 Å². The molecule has 0 saturated carbocycles. The van der Waals surface area contributed by atoms with E-state index in [2.05, 4.69) is 72.2 Å². The van der Waals surface area contributed by atoms with Gasteiger partial charge in [-0.2, -0.15) is 0 Å². The standard InChI is InChI=1S/C29H20.2C2H7N.6C2H6/c1-3-7-24(8-4-1)11-12-25-13-15-26(16-14-25)17-18-27-19-21-29(22-20-27)23-28-9-5-2-6-10-28;2*1-2-3;6*1-2/h1-10,13-16,19-22H,23H2;2*2-3H2,1H3;6*1-2H3. The zero-order chi connectivity index (χ0) is 37.1. The predicted octanol–water partition coefficient (Wildman–Crippen LogP) is 12.2. The molecule has 0 aliphatic heterocycles. The SMILES string of the molecule is C(#Cc1ccc(C#Cc2ccc(Cc3ccccc3)cc2)cc1)c1ccccc1.CC.CC.CC.CC.CC.CC.CCN.CCN. The summed E-state index contributed by atoms with van der Waals surface area (Å²) in [6.07, 6.45) is 0.944. The Balaban J connectivity index is -0.000000280. The van der Waals surface area contributed by atoms with E-state index in [4.69, 9.17) is 11.5 Å². The van der Waals surface area contributed by atoms with Crippen LogP contribution < -0.4 is 11.5 Å². The van der Waals surface area contributed by atoms with Crippen LogP contribution in [0.4, 0.5) is 0 Å². The Labute approximate surface area is 293 Å². The van der Waals surface area contributed by atoms with Crippen LogP contribution in [0.25, 0.3) is 0 Å². The van der Waals surface area contributed by atoms with E-state index in [-0.39, 0.29) is 0 Å². The summed E-state index contributed by atoms with van der Waals surface area (Å²) < 4.78 is 0. The summed E-state index contributed by atoms with van der Waals surface area (Å²) in [4.78, 5) is 0. The van der Waals surface area contributed by atoms with Crippen molar-refractivity contribution in [3.05, 3.63) is 143 Å². The van der Waals surface area contributed by atoms with Gasteiger partial charge in [0.05, 0.1) is 0 Å². The number of nitrogens with two attached hydrogens (primary N) is 2. The van der Waals surface area contributed by atoms with E-state index in [1.54, 1.807) is 0 Å². The Hall–Kier alpha value is -4.08. The quantitative estimate of drug-likeness (QED) is 0.215. The van der Waals surface area contributed by atoms with Crippen molar-refractivity contribution < 1.29 is 0 Å². The van der Waals surface area contributed by atoms with Gasteiger partial charge in [0, 0.05) is 22.3 Å². The maximum absolute atomic E-state index is 4.85. The van der Waals surface area contributed by atoms with Crippen molar-refractivity contribution in [3.8, 4) is 23.7 Å². The molecule has 0 aliphatic rings. The van der Waals surface area contributed by atoms with Crippen LogP contribution in [0.15, 0.2) is 109 Å². The highest BCUT2D eigenvalue weighted by atomic mass is 14.5. The van der Waals surface area contributed by atoms with Gasteiger partial charge < -0.3 is 11.5 Å². The highest BCUT2D eigenvalue weighted by Crippen LogP contribution is 2.11. The third kappa shape index (κ3) is 31.7. The molecule has 4 N–H and O–H groups in total. The monoisotopic (exact) mass is 639 g/mol. The van der Waals surface area contributed by atoms with Gasteiger partial charge in [0.2, 0.25) is 0 Å². The lowest BCUT2D eigenvalue weighted by Gasteiger charge is -2.01. The molecule has 0 saturated heterocycles. The van der Waals surface area contributed by atoms with Crippen molar-refractivity contribution in [1.29, 1.82) is 0 Å². The Bertz CT molecular complexity index is 1220. The number of hydrogen-bond acceptors (Lipinski definition) is 2. The van der Waals surface area contributed by atoms with Crippen LogP contribution in [-0.2, 0) is 6.42 Å². The van der Waals surface area contributed by atoms with Crippen molar-refractivity contribution in [2.24, 2.45) is 11.5 Å². The smallest absolute Gasteiger partial charge is 0.0249 e. The van der Waals surface area contributed by atoms with Crippen LogP contribution in [0.1, 0.15) is 130 Å². The van der Waals surface area contributed by atoms with Gasteiger partial charge in [0.1, 0.15) is 0 Å². The van der Waals surface area contributed by atoms with Crippen molar-refractivity contribution in [3.63, 3.8) is 0 Å². The molecular weight excluding hydrogens is 569 g/mol. The zero-order valence-corrected chi connectivity index (χ0v) is 32.7. The molecule has 0 bridgehead atoms. The molecule has 4 aromatic carbocycles. The first kappa shape index (κ1) is 52.5. The molecule has 0 spiro atoms. The first-order valence-corrected chi connectivity index (χ1v) is 17.9. The van der Waals surface area contributed by atoms with Crippen LogP contribution in [0, 0.1) is 23.7 Å². The first-order valence-electron chi connectivity index (χ1n) is 17.9. The Morgan fingerprint density at radius 2 is 0.553 bits per heavy atom. The molecule has 4 aromatic rings. The third-order valence-corrected chi connectivity index (χ3v) is 4.57. The minimum Gasteiger partial charge on any atom is -0.331 e. The lowest BCUT2D eigenvalue weighted by molar-refractivity contribution is 1.14. The normalized spacial score (nSPS) is 7.49. The summed E-state index contributed by atoms with van der Waals surface area (Å²) in [6.45, 7) is 29.3. The molecular formula is C45H70N2. The van der Waals surface area contributed by atoms with Gasteiger partial charge >= 0.3 is 0 Å². The van der Waals surface area contributed by atoms with E-state index in [0.717, 1.165) is 41.8 Å². The summed E-state index contributed by atoms with van der Waals surface area (Å²) in [6, 6.07) is 37.1. The minimum atomic E-state index is 0.750. The summed E-state index contributed by atoms with van der Waals surface area (Å²) >= 11 is 0. The molecule has 2 heteroatoms. The van der Waals surface area contributed by atoms with Crippen molar-refractivity contribution in [2.75, 3.05) is 13.1 Å². The fourth-order valence-corrected chi connectivity index (χ4v) is 2.98. The lowest BCUT2D eigenvalue weighted by atomic mass is 10.0. The molecule has 4 rings (SSSR count). The van der Waals surface area contributed by atoms with E-state index in [1.807, 2.05) is 158 Å². The van der Waals surface area contributed by atoms with Gasteiger partial charge in [-0.15, -0.1) is 0 Å². The second-order valence-electron chi connectivity index (χ2n) is 7.62. The molecule has 0 heterocycles. The minimum absolute atomic E-state index is 0.750. The molecule has 0 unspecified atom stereocenters. The predicted molar refractivity (Wildman–Crippen MR) is 218 cm³/mol. The van der Waals surface area contributed by atoms with E-state index in [0.29, 0.717) is 0 Å². The number of benzene rings is 4. The molecule has 260 valence electrons. The van der Waals surface area contributed by atoms with E-state index >= 15 is 0 Å². The molecule has 0 aliphatic carbocycles. The number of hydrogen-bond donors (Lipinski definition) is 2. The Morgan fingerprint density at radius 3 is 0.851 bits per heavy atom. The zero-order valence-electron chi connectivity index (χ0n) is 32.7. The van der Waals surface area contributed by atoms with Crippen LogP contribution in [-0.4, -0.2) is 13.1 Å². The van der Waals surface area contributed by atoms with Crippen LogP contribution in [0.3, 0.4) is 0 Å². The molecule has 47 heavy (non-hydrogen) atoms. The highest BCUT2D eigenvalue weighted by molar-refractivity contribution is 5.48. The molecule has 0 radical (unpaired) electrons. The summed E-state index contributed by atoms with van der Waals surface area (Å²) in [7, 11) is 0. The maximum Gasteiger partial charge on any atom is 0.0249 e. The number of rotatable bonds is 2. The average molecular weight is 639 g/mol. The lowest BCUT2D eigenvalue weighted by Crippen LogP contribution is -1.87. The summed E-state index contributed by atoms with van der Waals surface area (Å²) in [5, 5.41) is 0. The molecule has 0 atom stereocenters. The van der Waals surface area contributed by atoms with Gasteiger partial charge in [-0.05, 0) is 79.2 Å². The van der Waals surface area contributed by atoms with E-state index < -0.39 is 0 Å². The van der Waals surface area contributed by atoms with Gasteiger partial charge in [-0.1, -0.05) is 181 Å². The Morgan fingerprint density at radius 1 is 0.340 bits per heavy atom. The fraction of sp³-hybridized carbons (Fsp3) is 0.378. The largest absolute Gasteiger partial charge is 0.331 e. The van der Waals surface area contributed by atoms with E-state index in [1.165, 1.54) is 11.1 Å². The summed E-state index contributed by atoms with van der Waals surface area (Å²) in [5.41, 5.74) is 16.3. The van der Waals surface area contributed by atoms with Crippen LogP contribution in [0.2, 0.25) is 0 Å². The third-order valence-electron chi connectivity index (χ3n) is 4.57. The topological polar surface area (TPSA) is 52.0 Å².